The Labute approximate surface area is 101 Å². The molecule has 88 valence electrons. The molecule has 1 heterocycles. The molecule has 0 saturated carbocycles. The van der Waals surface area contributed by atoms with Crippen molar-refractivity contribution in [2.45, 2.75) is 0 Å². The van der Waals surface area contributed by atoms with Crippen LogP contribution in [0.3, 0.4) is 0 Å². The highest BCUT2D eigenvalue weighted by Crippen LogP contribution is 2.28. The summed E-state index contributed by atoms with van der Waals surface area (Å²) in [6, 6.07) is 6.25. The van der Waals surface area contributed by atoms with Crippen LogP contribution in [0.4, 0.5) is 0 Å². The van der Waals surface area contributed by atoms with Gasteiger partial charge >= 0.3 is 5.69 Å². The van der Waals surface area contributed by atoms with Crippen molar-refractivity contribution in [2.75, 3.05) is 7.11 Å². The number of methoxy groups -OCH3 is 1. The molecule has 2 rings (SSSR count). The minimum absolute atomic E-state index is 0.367. The van der Waals surface area contributed by atoms with Gasteiger partial charge < -0.3 is 9.72 Å². The maximum absolute atomic E-state index is 11.2. The highest BCUT2D eigenvalue weighted by molar-refractivity contribution is 6.33. The van der Waals surface area contributed by atoms with Gasteiger partial charge in [-0.2, -0.15) is 0 Å². The van der Waals surface area contributed by atoms with E-state index in [1.807, 2.05) is 0 Å². The van der Waals surface area contributed by atoms with Gasteiger partial charge in [0.15, 0.2) is 0 Å². The topological polar surface area (TPSA) is 75.0 Å². The first-order valence-corrected chi connectivity index (χ1v) is 5.15. The number of aromatic amines is 2. The van der Waals surface area contributed by atoms with Crippen molar-refractivity contribution in [2.24, 2.45) is 0 Å². The second-order valence-electron chi connectivity index (χ2n) is 3.35. The first kappa shape index (κ1) is 11.5. The zero-order valence-electron chi connectivity index (χ0n) is 8.91. The number of hydrogen-bond donors (Lipinski definition) is 2. The maximum Gasteiger partial charge on any atom is 0.326 e. The molecule has 2 N–H and O–H groups in total. The van der Waals surface area contributed by atoms with Crippen LogP contribution in [0.25, 0.3) is 11.3 Å². The Morgan fingerprint density at radius 3 is 2.53 bits per heavy atom. The van der Waals surface area contributed by atoms with Crippen LogP contribution >= 0.6 is 11.6 Å². The third-order valence-electron chi connectivity index (χ3n) is 2.23. The molecule has 0 spiro atoms. The van der Waals surface area contributed by atoms with Gasteiger partial charge in [-0.25, -0.2) is 4.79 Å². The summed E-state index contributed by atoms with van der Waals surface area (Å²) in [6.07, 6.45) is 0. The highest BCUT2D eigenvalue weighted by atomic mass is 35.5. The van der Waals surface area contributed by atoms with E-state index in [4.69, 9.17) is 16.3 Å². The summed E-state index contributed by atoms with van der Waals surface area (Å²) in [5, 5.41) is 0.394. The SMILES string of the molecule is COc1ccc(-c2cc(=O)[nH]c(=O)[nH]2)c(Cl)c1. The predicted molar refractivity (Wildman–Crippen MR) is 64.7 cm³/mol. The summed E-state index contributed by atoms with van der Waals surface area (Å²) < 4.78 is 5.01. The molecule has 5 nitrogen and oxygen atoms in total. The van der Waals surface area contributed by atoms with Crippen LogP contribution in [0.15, 0.2) is 33.9 Å². The normalized spacial score (nSPS) is 10.2. The van der Waals surface area contributed by atoms with Gasteiger partial charge in [0.05, 0.1) is 17.8 Å². The first-order valence-electron chi connectivity index (χ1n) is 4.77. The van der Waals surface area contributed by atoms with E-state index >= 15 is 0 Å². The number of ether oxygens (including phenoxy) is 1. The summed E-state index contributed by atoms with van der Waals surface area (Å²) in [7, 11) is 1.53. The molecular weight excluding hydrogens is 244 g/mol. The Kier molecular flexibility index (Phi) is 3.01. The summed E-state index contributed by atoms with van der Waals surface area (Å²) >= 11 is 6.03. The molecule has 0 saturated heterocycles. The van der Waals surface area contributed by atoms with Crippen LogP contribution < -0.4 is 16.0 Å². The molecule has 0 fully saturated rings. The molecule has 0 bridgehead atoms. The molecule has 0 atom stereocenters. The number of nitrogens with one attached hydrogen (secondary N) is 2. The fourth-order valence-corrected chi connectivity index (χ4v) is 1.73. The molecular formula is C11H9ClN2O3. The molecule has 0 aliphatic carbocycles. The standard InChI is InChI=1S/C11H9ClN2O3/c1-17-6-2-3-7(8(12)4-6)9-5-10(15)14-11(16)13-9/h2-5H,1H3,(H2,13,14,15,16). The lowest BCUT2D eigenvalue weighted by molar-refractivity contribution is 0.415. The lowest BCUT2D eigenvalue weighted by Crippen LogP contribution is -2.21. The molecule has 0 aliphatic rings. The van der Waals surface area contributed by atoms with E-state index in [1.54, 1.807) is 18.2 Å². The van der Waals surface area contributed by atoms with Crippen LogP contribution in [0.5, 0.6) is 5.75 Å². The number of halogens is 1. The molecule has 0 aliphatic heterocycles. The molecule has 0 amide bonds. The third kappa shape index (κ3) is 2.39. The van der Waals surface area contributed by atoms with Gasteiger partial charge in [0.25, 0.3) is 5.56 Å². The zero-order chi connectivity index (χ0) is 12.4. The zero-order valence-corrected chi connectivity index (χ0v) is 9.67. The lowest BCUT2D eigenvalue weighted by Gasteiger charge is -2.05. The fraction of sp³-hybridized carbons (Fsp3) is 0.0909. The third-order valence-corrected chi connectivity index (χ3v) is 2.54. The second-order valence-corrected chi connectivity index (χ2v) is 3.75. The minimum Gasteiger partial charge on any atom is -0.497 e. The molecule has 1 aromatic heterocycles. The van der Waals surface area contributed by atoms with E-state index in [9.17, 15) is 9.59 Å². The summed E-state index contributed by atoms with van der Waals surface area (Å²) in [5.74, 6) is 0.603. The number of H-pyrrole nitrogens is 2. The minimum atomic E-state index is -0.570. The Bertz CT molecular complexity index is 632. The van der Waals surface area contributed by atoms with Gasteiger partial charge in [-0.05, 0) is 18.2 Å². The van der Waals surface area contributed by atoms with Crippen molar-refractivity contribution in [1.29, 1.82) is 0 Å². The van der Waals surface area contributed by atoms with Crippen molar-refractivity contribution in [3.63, 3.8) is 0 Å². The van der Waals surface area contributed by atoms with Crippen molar-refractivity contribution < 1.29 is 4.74 Å². The Morgan fingerprint density at radius 1 is 1.18 bits per heavy atom. The molecule has 0 unspecified atom stereocenters. The van der Waals surface area contributed by atoms with Crippen molar-refractivity contribution in [1.82, 2.24) is 9.97 Å². The molecule has 6 heteroatoms. The monoisotopic (exact) mass is 252 g/mol. The van der Waals surface area contributed by atoms with Crippen molar-refractivity contribution >= 4 is 11.6 Å². The van der Waals surface area contributed by atoms with Gasteiger partial charge in [-0.15, -0.1) is 0 Å². The van der Waals surface area contributed by atoms with Gasteiger partial charge in [-0.3, -0.25) is 9.78 Å². The van der Waals surface area contributed by atoms with E-state index in [0.717, 1.165) is 0 Å². The van der Waals surface area contributed by atoms with Crippen LogP contribution in [0, 0.1) is 0 Å². The quantitative estimate of drug-likeness (QED) is 0.848. The number of benzene rings is 1. The largest absolute Gasteiger partial charge is 0.497 e. The van der Waals surface area contributed by atoms with Crippen LogP contribution in [0.2, 0.25) is 5.02 Å². The van der Waals surface area contributed by atoms with E-state index in [1.165, 1.54) is 13.2 Å². The number of hydrogen-bond acceptors (Lipinski definition) is 3. The molecule has 1 aromatic carbocycles. The maximum atomic E-state index is 11.2. The van der Waals surface area contributed by atoms with Gasteiger partial charge in [-0.1, -0.05) is 11.6 Å². The first-order chi connectivity index (χ1) is 8.10. The van der Waals surface area contributed by atoms with E-state index in [0.29, 0.717) is 22.0 Å². The van der Waals surface area contributed by atoms with Gasteiger partial charge in [0, 0.05) is 11.6 Å². The smallest absolute Gasteiger partial charge is 0.326 e. The number of rotatable bonds is 2. The van der Waals surface area contributed by atoms with E-state index in [-0.39, 0.29) is 0 Å². The molecule has 2 aromatic rings. The van der Waals surface area contributed by atoms with E-state index < -0.39 is 11.2 Å². The highest BCUT2D eigenvalue weighted by Gasteiger charge is 2.06. The van der Waals surface area contributed by atoms with Gasteiger partial charge in [0.2, 0.25) is 0 Å². The van der Waals surface area contributed by atoms with E-state index in [2.05, 4.69) is 9.97 Å². The second kappa shape index (κ2) is 4.47. The van der Waals surface area contributed by atoms with Crippen LogP contribution in [-0.4, -0.2) is 17.1 Å². The predicted octanol–water partition coefficient (Wildman–Crippen LogP) is 1.39. The lowest BCUT2D eigenvalue weighted by atomic mass is 10.1. The Morgan fingerprint density at radius 2 is 1.94 bits per heavy atom. The summed E-state index contributed by atoms with van der Waals surface area (Å²) in [6.45, 7) is 0. The Hall–Kier alpha value is -2.01. The molecule has 17 heavy (non-hydrogen) atoms. The van der Waals surface area contributed by atoms with Crippen LogP contribution in [-0.2, 0) is 0 Å². The van der Waals surface area contributed by atoms with Crippen LogP contribution in [0.1, 0.15) is 0 Å². The number of aromatic nitrogens is 2. The summed E-state index contributed by atoms with van der Waals surface area (Å²) in [5.41, 5.74) is -0.114. The van der Waals surface area contributed by atoms with Crippen molar-refractivity contribution in [3.05, 3.63) is 50.1 Å². The average Bonchev–Trinajstić information content (AvgIpc) is 2.27. The fourth-order valence-electron chi connectivity index (χ4n) is 1.46. The van der Waals surface area contributed by atoms with Crippen molar-refractivity contribution in [3.8, 4) is 17.0 Å². The summed E-state index contributed by atoms with van der Waals surface area (Å²) in [4.78, 5) is 26.9. The molecule has 0 radical (unpaired) electrons. The average molecular weight is 253 g/mol. The Balaban J connectivity index is 2.60. The van der Waals surface area contributed by atoms with Gasteiger partial charge in [0.1, 0.15) is 5.75 Å².